The lowest BCUT2D eigenvalue weighted by atomic mass is 10.1. The van der Waals surface area contributed by atoms with Gasteiger partial charge in [-0.25, -0.2) is 10.4 Å². The molecule has 0 spiro atoms. The molecule has 0 fully saturated rings. The molecule has 184 valence electrons. The third-order valence-corrected chi connectivity index (χ3v) is 4.47. The number of anilines is 2. The summed E-state index contributed by atoms with van der Waals surface area (Å²) < 4.78 is 83.4. The van der Waals surface area contributed by atoms with Gasteiger partial charge in [-0.15, -0.1) is 0 Å². The molecule has 7 nitrogen and oxygen atoms in total. The monoisotopic (exact) mass is 498 g/mol. The minimum Gasteiger partial charge on any atom is -0.504 e. The van der Waals surface area contributed by atoms with Gasteiger partial charge in [-0.1, -0.05) is 6.07 Å². The number of carbonyl (C=O) groups excluding carboxylic acids is 1. The van der Waals surface area contributed by atoms with Crippen molar-refractivity contribution in [1.82, 2.24) is 10.4 Å². The van der Waals surface area contributed by atoms with E-state index >= 15 is 0 Å². The largest absolute Gasteiger partial charge is 0.504 e. The lowest BCUT2D eigenvalue weighted by Gasteiger charge is -2.14. The Bertz CT molecular complexity index is 1260. The number of nitrogens with one attached hydrogen (secondary N) is 2. The van der Waals surface area contributed by atoms with Crippen LogP contribution in [-0.2, 0) is 12.4 Å². The number of nitrogens with zero attached hydrogens (tertiary/aromatic N) is 2. The first-order valence-electron chi connectivity index (χ1n) is 9.61. The summed E-state index contributed by atoms with van der Waals surface area (Å²) in [6, 6.07) is 9.23. The molecule has 13 heteroatoms. The summed E-state index contributed by atoms with van der Waals surface area (Å²) in [6.07, 6.45) is -8.38. The van der Waals surface area contributed by atoms with Gasteiger partial charge in [0, 0.05) is 5.69 Å². The number of hydrogen-bond acceptors (Lipinski definition) is 6. The van der Waals surface area contributed by atoms with E-state index in [9.17, 15) is 36.2 Å². The Balaban J connectivity index is 1.89. The minimum absolute atomic E-state index is 0.130. The summed E-state index contributed by atoms with van der Waals surface area (Å²) in [7, 11) is 1.33. The van der Waals surface area contributed by atoms with E-state index in [0.717, 1.165) is 18.2 Å². The van der Waals surface area contributed by atoms with E-state index in [0.29, 0.717) is 17.7 Å². The molecule has 0 saturated carbocycles. The molecule has 0 radical (unpaired) electrons. The van der Waals surface area contributed by atoms with E-state index in [4.69, 9.17) is 4.74 Å². The predicted molar refractivity (Wildman–Crippen MR) is 114 cm³/mol. The molecule has 1 heterocycles. The highest BCUT2D eigenvalue weighted by Crippen LogP contribution is 2.33. The number of alkyl halides is 6. The number of ether oxygens (including phenoxy) is 1. The van der Waals surface area contributed by atoms with Crippen LogP contribution in [0.5, 0.6) is 11.5 Å². The zero-order valence-electron chi connectivity index (χ0n) is 17.7. The van der Waals surface area contributed by atoms with Gasteiger partial charge < -0.3 is 15.2 Å². The first-order chi connectivity index (χ1) is 16.4. The fourth-order valence-electron chi connectivity index (χ4n) is 2.81. The molecule has 0 saturated heterocycles. The maximum atomic E-state index is 13.1. The highest BCUT2D eigenvalue weighted by molar-refractivity contribution is 5.99. The van der Waals surface area contributed by atoms with E-state index in [1.54, 1.807) is 0 Å². The van der Waals surface area contributed by atoms with Crippen molar-refractivity contribution >= 4 is 23.6 Å². The van der Waals surface area contributed by atoms with Crippen LogP contribution in [0.15, 0.2) is 59.7 Å². The van der Waals surface area contributed by atoms with Crippen LogP contribution < -0.4 is 15.5 Å². The predicted octanol–water partition coefficient (Wildman–Crippen LogP) is 5.34. The zero-order valence-corrected chi connectivity index (χ0v) is 17.7. The number of phenolic OH excluding ortho intramolecular Hbond substituents is 1. The summed E-state index contributed by atoms with van der Waals surface area (Å²) in [4.78, 5) is 16.0. The summed E-state index contributed by atoms with van der Waals surface area (Å²) in [5.74, 6) is -1.60. The second kappa shape index (κ2) is 9.91. The highest BCUT2D eigenvalue weighted by Gasteiger charge is 2.34. The quantitative estimate of drug-likeness (QED) is 0.242. The summed E-state index contributed by atoms with van der Waals surface area (Å²) in [5, 5.41) is 15.6. The van der Waals surface area contributed by atoms with Crippen LogP contribution in [0.25, 0.3) is 0 Å². The summed E-state index contributed by atoms with van der Waals surface area (Å²) >= 11 is 0. The Hall–Kier alpha value is -4.29. The summed E-state index contributed by atoms with van der Waals surface area (Å²) in [5.41, 5.74) is -0.532. The molecular weight excluding hydrogens is 482 g/mol. The number of hydrazone groups is 1. The van der Waals surface area contributed by atoms with E-state index in [-0.39, 0.29) is 17.2 Å². The fraction of sp³-hybridized carbons (Fsp3) is 0.136. The SMILES string of the molecule is COc1cc(/C=N/NC(=O)c2ccc(C(F)(F)F)nc2Nc2cccc(C(F)(F)F)c2)ccc1O. The zero-order chi connectivity index (χ0) is 25.8. The fourth-order valence-corrected chi connectivity index (χ4v) is 2.81. The third-order valence-electron chi connectivity index (χ3n) is 4.47. The van der Waals surface area contributed by atoms with Gasteiger partial charge in [0.2, 0.25) is 0 Å². The number of aromatic hydroxyl groups is 1. The molecule has 0 unspecified atom stereocenters. The highest BCUT2D eigenvalue weighted by atomic mass is 19.4. The first kappa shape index (κ1) is 25.3. The lowest BCUT2D eigenvalue weighted by molar-refractivity contribution is -0.141. The van der Waals surface area contributed by atoms with E-state index in [1.165, 1.54) is 37.6 Å². The second-order valence-electron chi connectivity index (χ2n) is 6.92. The van der Waals surface area contributed by atoms with Crippen LogP contribution in [-0.4, -0.2) is 29.3 Å². The van der Waals surface area contributed by atoms with Crippen molar-refractivity contribution in [2.75, 3.05) is 12.4 Å². The van der Waals surface area contributed by atoms with Crippen molar-refractivity contribution in [3.05, 3.63) is 77.0 Å². The number of methoxy groups -OCH3 is 1. The van der Waals surface area contributed by atoms with Gasteiger partial charge in [-0.3, -0.25) is 4.79 Å². The molecule has 0 aliphatic carbocycles. The molecule has 1 aromatic heterocycles. The van der Waals surface area contributed by atoms with Crippen molar-refractivity contribution in [3.63, 3.8) is 0 Å². The van der Waals surface area contributed by atoms with Gasteiger partial charge in [0.25, 0.3) is 5.91 Å². The number of aromatic nitrogens is 1. The Morgan fingerprint density at radius 2 is 1.77 bits per heavy atom. The van der Waals surface area contributed by atoms with Crippen LogP contribution in [0.3, 0.4) is 0 Å². The van der Waals surface area contributed by atoms with Gasteiger partial charge in [-0.05, 0) is 54.1 Å². The van der Waals surface area contributed by atoms with Gasteiger partial charge in [0.1, 0.15) is 11.5 Å². The topological polar surface area (TPSA) is 95.8 Å². The molecule has 1 amide bonds. The normalized spacial score (nSPS) is 12.0. The number of rotatable bonds is 6. The van der Waals surface area contributed by atoms with Crippen molar-refractivity contribution in [2.45, 2.75) is 12.4 Å². The number of phenols is 1. The summed E-state index contributed by atoms with van der Waals surface area (Å²) in [6.45, 7) is 0. The molecule has 0 bridgehead atoms. The number of benzene rings is 2. The lowest BCUT2D eigenvalue weighted by Crippen LogP contribution is -2.21. The molecule has 0 atom stereocenters. The molecular formula is C22H16F6N4O3. The number of amides is 1. The maximum Gasteiger partial charge on any atom is 0.433 e. The number of hydrogen-bond donors (Lipinski definition) is 3. The first-order valence-corrected chi connectivity index (χ1v) is 9.61. The number of carbonyl (C=O) groups is 1. The van der Waals surface area contributed by atoms with Crippen molar-refractivity contribution in [2.24, 2.45) is 5.10 Å². The average Bonchev–Trinajstić information content (AvgIpc) is 2.79. The van der Waals surface area contributed by atoms with Crippen molar-refractivity contribution in [1.29, 1.82) is 0 Å². The van der Waals surface area contributed by atoms with E-state index in [1.807, 2.05) is 0 Å². The Labute approximate surface area is 194 Å². The van der Waals surface area contributed by atoms with Gasteiger partial charge in [0.15, 0.2) is 11.5 Å². The Kier molecular flexibility index (Phi) is 7.17. The van der Waals surface area contributed by atoms with Crippen LogP contribution >= 0.6 is 0 Å². The Morgan fingerprint density at radius 3 is 2.43 bits per heavy atom. The molecule has 0 aliphatic rings. The van der Waals surface area contributed by atoms with Crippen molar-refractivity contribution < 1.29 is 41.0 Å². The average molecular weight is 498 g/mol. The molecule has 35 heavy (non-hydrogen) atoms. The molecule has 3 N–H and O–H groups in total. The minimum atomic E-state index is -4.87. The van der Waals surface area contributed by atoms with Gasteiger partial charge in [0.05, 0.1) is 24.5 Å². The second-order valence-corrected chi connectivity index (χ2v) is 6.92. The number of halogens is 6. The molecule has 2 aromatic carbocycles. The Morgan fingerprint density at radius 1 is 1.03 bits per heavy atom. The van der Waals surface area contributed by atoms with Crippen molar-refractivity contribution in [3.8, 4) is 11.5 Å². The van der Waals surface area contributed by atoms with Crippen LogP contribution in [0.4, 0.5) is 37.8 Å². The standard InChI is InChI=1S/C22H16F6N4O3/c1-35-17-9-12(5-7-16(17)33)11-29-32-20(34)15-6-8-18(22(26,27)28)31-19(15)30-14-4-2-3-13(10-14)21(23,24)25/h2-11,33H,1H3,(H,30,31)(H,32,34)/b29-11+. The van der Waals surface area contributed by atoms with E-state index in [2.05, 4.69) is 20.8 Å². The van der Waals surface area contributed by atoms with Gasteiger partial charge >= 0.3 is 12.4 Å². The molecule has 3 rings (SSSR count). The molecule has 3 aromatic rings. The molecule has 0 aliphatic heterocycles. The maximum absolute atomic E-state index is 13.1. The third kappa shape index (κ3) is 6.40. The van der Waals surface area contributed by atoms with Crippen LogP contribution in [0.2, 0.25) is 0 Å². The van der Waals surface area contributed by atoms with Crippen LogP contribution in [0.1, 0.15) is 27.2 Å². The number of pyridine rings is 1. The van der Waals surface area contributed by atoms with Gasteiger partial charge in [-0.2, -0.15) is 31.4 Å². The van der Waals surface area contributed by atoms with Crippen LogP contribution in [0, 0.1) is 0 Å². The smallest absolute Gasteiger partial charge is 0.433 e. The van der Waals surface area contributed by atoms with E-state index < -0.39 is 40.9 Å².